The summed E-state index contributed by atoms with van der Waals surface area (Å²) < 4.78 is 67.3. The van der Waals surface area contributed by atoms with Crippen molar-refractivity contribution in [2.75, 3.05) is 0 Å². The van der Waals surface area contributed by atoms with Crippen LogP contribution in [-0.2, 0) is 6.42 Å². The highest BCUT2D eigenvalue weighted by Gasteiger charge is 2.32. The van der Waals surface area contributed by atoms with E-state index in [1.807, 2.05) is 0 Å². The summed E-state index contributed by atoms with van der Waals surface area (Å²) in [4.78, 5) is 0. The molecule has 1 nitrogen and oxygen atoms in total. The van der Waals surface area contributed by atoms with Crippen LogP contribution in [0.5, 0.6) is 0 Å². The molecule has 0 bridgehead atoms. The van der Waals surface area contributed by atoms with E-state index >= 15 is 0 Å². The Morgan fingerprint density at radius 1 is 0.826 bits per heavy atom. The van der Waals surface area contributed by atoms with Gasteiger partial charge in [-0.05, 0) is 17.9 Å². The molecule has 0 radical (unpaired) electrons. The van der Waals surface area contributed by atoms with Crippen LogP contribution in [-0.4, -0.2) is 5.11 Å². The van der Waals surface area contributed by atoms with E-state index < -0.39 is 46.7 Å². The van der Waals surface area contributed by atoms with Crippen molar-refractivity contribution in [2.24, 2.45) is 5.92 Å². The smallest absolute Gasteiger partial charge is 0.200 e. The average Bonchev–Trinajstić information content (AvgIpc) is 2.57. The second-order valence-corrected chi connectivity index (χ2v) is 5.29. The van der Waals surface area contributed by atoms with Gasteiger partial charge >= 0.3 is 0 Å². The fraction of sp³-hybridized carbons (Fsp3) is 0.294. The van der Waals surface area contributed by atoms with Gasteiger partial charge in [-0.25, -0.2) is 22.0 Å². The molecule has 0 saturated carbocycles. The number of halogens is 5. The Labute approximate surface area is 130 Å². The quantitative estimate of drug-likeness (QED) is 0.479. The largest absolute Gasteiger partial charge is 0.388 e. The fourth-order valence-corrected chi connectivity index (χ4v) is 2.51. The van der Waals surface area contributed by atoms with Gasteiger partial charge in [-0.15, -0.1) is 0 Å². The number of hydrogen-bond donors (Lipinski definition) is 1. The van der Waals surface area contributed by atoms with Crippen LogP contribution in [0.4, 0.5) is 22.0 Å². The zero-order chi connectivity index (χ0) is 17.1. The molecule has 1 N–H and O–H groups in total. The lowest BCUT2D eigenvalue weighted by Gasteiger charge is -2.23. The highest BCUT2D eigenvalue weighted by atomic mass is 19.2. The summed E-state index contributed by atoms with van der Waals surface area (Å²) in [5.74, 6) is -11.0. The van der Waals surface area contributed by atoms with Crippen LogP contribution in [0.15, 0.2) is 30.3 Å². The molecule has 0 aliphatic heterocycles. The molecule has 0 aliphatic rings. The van der Waals surface area contributed by atoms with Crippen molar-refractivity contribution in [2.45, 2.75) is 25.9 Å². The lowest BCUT2D eigenvalue weighted by molar-refractivity contribution is 0.0952. The van der Waals surface area contributed by atoms with Gasteiger partial charge in [0.2, 0.25) is 5.82 Å². The van der Waals surface area contributed by atoms with E-state index in [4.69, 9.17) is 0 Å². The fourth-order valence-electron chi connectivity index (χ4n) is 2.51. The molecule has 0 saturated heterocycles. The number of hydrogen-bond acceptors (Lipinski definition) is 1. The summed E-state index contributed by atoms with van der Waals surface area (Å²) in [5.41, 5.74) is -0.383. The Balaban J connectivity index is 2.40. The van der Waals surface area contributed by atoms with E-state index in [2.05, 4.69) is 0 Å². The van der Waals surface area contributed by atoms with E-state index in [1.165, 1.54) is 0 Å². The molecule has 2 aromatic rings. The molecule has 0 fully saturated rings. The van der Waals surface area contributed by atoms with E-state index in [-0.39, 0.29) is 6.42 Å². The molecule has 2 unspecified atom stereocenters. The van der Waals surface area contributed by atoms with Gasteiger partial charge in [-0.1, -0.05) is 43.7 Å². The highest BCUT2D eigenvalue weighted by molar-refractivity contribution is 5.27. The number of benzene rings is 2. The Bertz CT molecular complexity index is 658. The molecule has 0 amide bonds. The van der Waals surface area contributed by atoms with Gasteiger partial charge < -0.3 is 5.11 Å². The van der Waals surface area contributed by atoms with Crippen LogP contribution in [0, 0.1) is 35.0 Å². The van der Waals surface area contributed by atoms with E-state index in [0.29, 0.717) is 6.42 Å². The first-order valence-corrected chi connectivity index (χ1v) is 7.11. The second-order valence-electron chi connectivity index (χ2n) is 5.29. The number of aliphatic hydroxyl groups excluding tert-OH is 1. The van der Waals surface area contributed by atoms with Gasteiger partial charge in [-0.3, -0.25) is 0 Å². The van der Waals surface area contributed by atoms with Crippen molar-refractivity contribution in [1.82, 2.24) is 0 Å². The van der Waals surface area contributed by atoms with Crippen molar-refractivity contribution in [3.63, 3.8) is 0 Å². The molecule has 0 spiro atoms. The average molecular weight is 330 g/mol. The van der Waals surface area contributed by atoms with Crippen molar-refractivity contribution < 1.29 is 27.1 Å². The lowest BCUT2D eigenvalue weighted by atomic mass is 9.87. The zero-order valence-corrected chi connectivity index (χ0v) is 12.3. The monoisotopic (exact) mass is 330 g/mol. The summed E-state index contributed by atoms with van der Waals surface area (Å²) in [6, 6.07) is 8.81. The highest BCUT2D eigenvalue weighted by Crippen LogP contribution is 2.34. The number of aliphatic hydroxyl groups is 1. The SMILES string of the molecule is CCC(Cc1ccccc1)C(O)c1c(F)c(F)c(F)c(F)c1F. The van der Waals surface area contributed by atoms with Crippen LogP contribution in [0.3, 0.4) is 0 Å². The third kappa shape index (κ3) is 3.37. The van der Waals surface area contributed by atoms with Crippen molar-refractivity contribution in [3.05, 3.63) is 70.5 Å². The van der Waals surface area contributed by atoms with Gasteiger partial charge in [0.05, 0.1) is 11.7 Å². The van der Waals surface area contributed by atoms with Gasteiger partial charge in [0.25, 0.3) is 0 Å². The first kappa shape index (κ1) is 17.4. The maximum Gasteiger partial charge on any atom is 0.200 e. The van der Waals surface area contributed by atoms with Crippen molar-refractivity contribution in [3.8, 4) is 0 Å². The first-order valence-electron chi connectivity index (χ1n) is 7.11. The minimum Gasteiger partial charge on any atom is -0.388 e. The van der Waals surface area contributed by atoms with Crippen LogP contribution < -0.4 is 0 Å². The normalized spacial score (nSPS) is 13.9. The van der Waals surface area contributed by atoms with Crippen LogP contribution in [0.25, 0.3) is 0 Å². The summed E-state index contributed by atoms with van der Waals surface area (Å²) in [6.45, 7) is 1.67. The Hall–Kier alpha value is -1.95. The van der Waals surface area contributed by atoms with Gasteiger partial charge in [0.15, 0.2) is 23.3 Å². The lowest BCUT2D eigenvalue weighted by Crippen LogP contribution is -2.20. The Morgan fingerprint density at radius 3 is 1.78 bits per heavy atom. The standard InChI is InChI=1S/C17H15F5O/c1-2-10(8-9-6-4-3-5-7-9)17(23)11-12(18)14(20)16(22)15(21)13(11)19/h3-7,10,17,23H,2,8H2,1H3. The third-order valence-electron chi connectivity index (χ3n) is 3.85. The molecular weight excluding hydrogens is 315 g/mol. The molecule has 0 aromatic heterocycles. The van der Waals surface area contributed by atoms with Crippen molar-refractivity contribution >= 4 is 0 Å². The Morgan fingerprint density at radius 2 is 1.30 bits per heavy atom. The van der Waals surface area contributed by atoms with Gasteiger partial charge in [0.1, 0.15) is 0 Å². The molecule has 2 aromatic carbocycles. The molecular formula is C17H15F5O. The van der Waals surface area contributed by atoms with E-state index in [9.17, 15) is 27.1 Å². The van der Waals surface area contributed by atoms with Crippen LogP contribution >= 0.6 is 0 Å². The molecule has 2 rings (SSSR count). The summed E-state index contributed by atoms with van der Waals surface area (Å²) in [7, 11) is 0. The molecule has 0 aliphatic carbocycles. The maximum atomic E-state index is 13.8. The second kappa shape index (κ2) is 7.08. The Kier molecular flexibility index (Phi) is 5.36. The summed E-state index contributed by atoms with van der Waals surface area (Å²) >= 11 is 0. The predicted octanol–water partition coefficient (Wildman–Crippen LogP) is 4.68. The van der Waals surface area contributed by atoms with Gasteiger partial charge in [-0.2, -0.15) is 0 Å². The minimum absolute atomic E-state index is 0.248. The van der Waals surface area contributed by atoms with E-state index in [0.717, 1.165) is 5.56 Å². The van der Waals surface area contributed by atoms with E-state index in [1.54, 1.807) is 37.3 Å². The molecule has 0 heterocycles. The summed E-state index contributed by atoms with van der Waals surface area (Å²) in [5, 5.41) is 10.2. The van der Waals surface area contributed by atoms with Gasteiger partial charge in [0, 0.05) is 0 Å². The maximum absolute atomic E-state index is 13.8. The zero-order valence-electron chi connectivity index (χ0n) is 12.3. The molecule has 2 atom stereocenters. The van der Waals surface area contributed by atoms with Crippen LogP contribution in [0.1, 0.15) is 30.6 Å². The summed E-state index contributed by atoms with van der Waals surface area (Å²) in [6.07, 6.45) is -1.25. The molecule has 23 heavy (non-hydrogen) atoms. The third-order valence-corrected chi connectivity index (χ3v) is 3.85. The van der Waals surface area contributed by atoms with Crippen molar-refractivity contribution in [1.29, 1.82) is 0 Å². The number of rotatable bonds is 5. The topological polar surface area (TPSA) is 20.2 Å². The minimum atomic E-state index is -2.23. The molecule has 6 heteroatoms. The predicted molar refractivity (Wildman–Crippen MR) is 75.1 cm³/mol. The molecule has 124 valence electrons. The van der Waals surface area contributed by atoms with Crippen LogP contribution in [0.2, 0.25) is 0 Å². The first-order chi connectivity index (χ1) is 10.9.